The topological polar surface area (TPSA) is 84.9 Å². The molecule has 0 aliphatic rings. The average Bonchev–Trinajstić information content (AvgIpc) is 2.57. The first-order valence-corrected chi connectivity index (χ1v) is 13.5. The number of Topliss-reactive ketones (excluding diaryl/α,β-unsaturated/α-hetero) is 1. The molecule has 0 bridgehead atoms. The summed E-state index contributed by atoms with van der Waals surface area (Å²) in [5.41, 5.74) is 0.183. The molecule has 0 aliphatic carbocycles. The maximum atomic E-state index is 12.3. The van der Waals surface area contributed by atoms with E-state index in [1.54, 1.807) is 20.8 Å². The maximum Gasteiger partial charge on any atom is 0.408 e. The van der Waals surface area contributed by atoms with Gasteiger partial charge in [-0.1, -0.05) is 32.0 Å². The number of nitrogens with one attached hydrogen (secondary N) is 1. The van der Waals surface area contributed by atoms with Crippen molar-refractivity contribution in [3.05, 3.63) is 29.8 Å². The summed E-state index contributed by atoms with van der Waals surface area (Å²) < 4.78 is 11.3. The Kier molecular flexibility index (Phi) is 9.11. The molecule has 0 aromatic heterocycles. The number of amides is 1. The molecule has 1 amide bonds. The van der Waals surface area contributed by atoms with Crippen molar-refractivity contribution in [3.8, 4) is 5.75 Å². The van der Waals surface area contributed by atoms with E-state index in [2.05, 4.69) is 19.2 Å². The molecule has 0 radical (unpaired) electrons. The Bertz CT molecular complexity index is 719. The van der Waals surface area contributed by atoms with Gasteiger partial charge in [-0.25, -0.2) is 4.79 Å². The van der Waals surface area contributed by atoms with Gasteiger partial charge in [-0.2, -0.15) is 0 Å². The second kappa shape index (κ2) is 10.4. The third-order valence-corrected chi connectivity index (χ3v) is 8.91. The number of rotatable bonds is 10. The van der Waals surface area contributed by atoms with E-state index in [1.807, 2.05) is 44.3 Å². The van der Waals surface area contributed by atoms with Crippen LogP contribution >= 0.6 is 0 Å². The minimum absolute atomic E-state index is 0.0447. The van der Waals surface area contributed by atoms with E-state index in [9.17, 15) is 14.4 Å². The van der Waals surface area contributed by atoms with Gasteiger partial charge in [-0.15, -0.1) is 0 Å². The standard InChI is InChI=1S/C23H39NO5Si/c1-17(13-14-23(5,6)30(7,8)27)28-20-12-10-9-11-18(20)15-19(25)16-24-21(26)29-22(2,3)4/h9-12,17,27H,13-16H2,1-8H3,(H,24,26)/t17-/m1/s1. The first-order chi connectivity index (χ1) is 13.6. The molecule has 0 unspecified atom stereocenters. The van der Waals surface area contributed by atoms with Crippen molar-refractivity contribution in [2.75, 3.05) is 6.54 Å². The molecule has 30 heavy (non-hydrogen) atoms. The number of para-hydroxylation sites is 1. The van der Waals surface area contributed by atoms with Crippen LogP contribution in [0, 0.1) is 0 Å². The number of ether oxygens (including phenoxy) is 2. The highest BCUT2D eigenvalue weighted by molar-refractivity contribution is 6.72. The van der Waals surface area contributed by atoms with Crippen LogP contribution in [0.5, 0.6) is 5.75 Å². The maximum absolute atomic E-state index is 12.3. The molecule has 1 rings (SSSR count). The molecular weight excluding hydrogens is 398 g/mol. The molecule has 1 aromatic rings. The summed E-state index contributed by atoms with van der Waals surface area (Å²) in [6.07, 6.45) is 1.20. The van der Waals surface area contributed by atoms with Gasteiger partial charge < -0.3 is 19.6 Å². The van der Waals surface area contributed by atoms with Crippen LogP contribution < -0.4 is 10.1 Å². The second-order valence-electron chi connectivity index (χ2n) is 10.1. The van der Waals surface area contributed by atoms with Gasteiger partial charge in [0.2, 0.25) is 0 Å². The van der Waals surface area contributed by atoms with Crippen LogP contribution in [0.3, 0.4) is 0 Å². The molecule has 170 valence electrons. The lowest BCUT2D eigenvalue weighted by Gasteiger charge is -2.35. The number of alkyl carbamates (subject to hydrolysis) is 1. The Labute approximate surface area is 182 Å². The van der Waals surface area contributed by atoms with E-state index in [4.69, 9.17) is 9.47 Å². The summed E-state index contributed by atoms with van der Waals surface area (Å²) >= 11 is 0. The zero-order valence-electron chi connectivity index (χ0n) is 19.8. The second-order valence-corrected chi connectivity index (χ2v) is 14.6. The van der Waals surface area contributed by atoms with Crippen molar-refractivity contribution >= 4 is 20.2 Å². The van der Waals surface area contributed by atoms with Gasteiger partial charge in [0.25, 0.3) is 0 Å². The van der Waals surface area contributed by atoms with Crippen molar-refractivity contribution in [1.29, 1.82) is 0 Å². The van der Waals surface area contributed by atoms with Crippen molar-refractivity contribution in [2.24, 2.45) is 0 Å². The molecule has 1 aromatic carbocycles. The zero-order valence-corrected chi connectivity index (χ0v) is 20.8. The fourth-order valence-electron chi connectivity index (χ4n) is 2.67. The van der Waals surface area contributed by atoms with Gasteiger partial charge >= 0.3 is 6.09 Å². The molecule has 0 saturated heterocycles. The van der Waals surface area contributed by atoms with Crippen LogP contribution in [0.4, 0.5) is 4.79 Å². The number of ketones is 1. The molecule has 0 saturated carbocycles. The van der Waals surface area contributed by atoms with E-state index in [0.29, 0.717) is 5.75 Å². The number of benzene rings is 1. The van der Waals surface area contributed by atoms with Crippen molar-refractivity contribution < 1.29 is 23.9 Å². The average molecular weight is 438 g/mol. The summed E-state index contributed by atoms with van der Waals surface area (Å²) in [7, 11) is -2.26. The fourth-order valence-corrected chi connectivity index (χ4v) is 3.43. The number of hydrogen-bond donors (Lipinski definition) is 2. The first-order valence-electron chi connectivity index (χ1n) is 10.6. The van der Waals surface area contributed by atoms with Crippen molar-refractivity contribution in [1.82, 2.24) is 5.32 Å². The molecule has 0 fully saturated rings. The fraction of sp³-hybridized carbons (Fsp3) is 0.652. The van der Waals surface area contributed by atoms with Crippen LogP contribution in [0.2, 0.25) is 18.1 Å². The third-order valence-electron chi connectivity index (χ3n) is 5.35. The summed E-state index contributed by atoms with van der Waals surface area (Å²) in [6, 6.07) is 7.46. The number of carbonyl (C=O) groups excluding carboxylic acids is 2. The summed E-state index contributed by atoms with van der Waals surface area (Å²) in [5, 5.41) is 2.40. The quantitative estimate of drug-likeness (QED) is 0.511. The van der Waals surface area contributed by atoms with Gasteiger partial charge in [-0.3, -0.25) is 4.79 Å². The Morgan fingerprint density at radius 1 is 1.13 bits per heavy atom. The molecule has 0 aliphatic heterocycles. The Balaban J connectivity index is 2.63. The normalized spacial score (nSPS) is 13.5. The van der Waals surface area contributed by atoms with Crippen LogP contribution in [-0.2, 0) is 16.0 Å². The van der Waals surface area contributed by atoms with Crippen LogP contribution in [0.15, 0.2) is 24.3 Å². The summed E-state index contributed by atoms with van der Waals surface area (Å²) in [5.74, 6) is 0.549. The molecule has 0 heterocycles. The monoisotopic (exact) mass is 437 g/mol. The minimum atomic E-state index is -2.26. The van der Waals surface area contributed by atoms with Crippen LogP contribution in [0.1, 0.15) is 59.9 Å². The van der Waals surface area contributed by atoms with E-state index in [0.717, 1.165) is 18.4 Å². The zero-order chi connectivity index (χ0) is 23.2. The van der Waals surface area contributed by atoms with E-state index in [-0.39, 0.29) is 29.9 Å². The van der Waals surface area contributed by atoms with Crippen molar-refractivity contribution in [2.45, 2.75) is 90.6 Å². The van der Waals surface area contributed by atoms with E-state index < -0.39 is 20.0 Å². The molecule has 1 atom stereocenters. The van der Waals surface area contributed by atoms with Gasteiger partial charge in [0.05, 0.1) is 12.6 Å². The van der Waals surface area contributed by atoms with E-state index >= 15 is 0 Å². The van der Waals surface area contributed by atoms with Gasteiger partial charge in [-0.05, 0) is 64.7 Å². The third kappa shape index (κ3) is 9.30. The van der Waals surface area contributed by atoms with Gasteiger partial charge in [0.1, 0.15) is 11.4 Å². The summed E-state index contributed by atoms with van der Waals surface area (Å²) in [4.78, 5) is 34.5. The highest BCUT2D eigenvalue weighted by Gasteiger charge is 2.37. The molecule has 7 heteroatoms. The lowest BCUT2D eigenvalue weighted by Crippen LogP contribution is -2.39. The predicted octanol–water partition coefficient (Wildman–Crippen LogP) is 4.85. The predicted molar refractivity (Wildman–Crippen MR) is 122 cm³/mol. The van der Waals surface area contributed by atoms with Crippen molar-refractivity contribution in [3.63, 3.8) is 0 Å². The highest BCUT2D eigenvalue weighted by atomic mass is 28.4. The van der Waals surface area contributed by atoms with Gasteiger partial charge in [0, 0.05) is 12.0 Å². The largest absolute Gasteiger partial charge is 0.490 e. The molecule has 6 nitrogen and oxygen atoms in total. The minimum Gasteiger partial charge on any atom is -0.490 e. The molecule has 2 N–H and O–H groups in total. The Morgan fingerprint density at radius 2 is 1.73 bits per heavy atom. The Morgan fingerprint density at radius 3 is 2.30 bits per heavy atom. The van der Waals surface area contributed by atoms with Gasteiger partial charge in [0.15, 0.2) is 14.1 Å². The van der Waals surface area contributed by atoms with Crippen LogP contribution in [-0.4, -0.2) is 43.2 Å². The number of carbonyl (C=O) groups is 2. The molecule has 0 spiro atoms. The van der Waals surface area contributed by atoms with E-state index in [1.165, 1.54) is 0 Å². The highest BCUT2D eigenvalue weighted by Crippen LogP contribution is 2.40. The lowest BCUT2D eigenvalue weighted by molar-refractivity contribution is -0.117. The Hall–Kier alpha value is -1.86. The smallest absolute Gasteiger partial charge is 0.408 e. The lowest BCUT2D eigenvalue weighted by atomic mass is 10.0. The first kappa shape index (κ1) is 26.2. The SMILES string of the molecule is C[C@H](CCC(C)(C)[Si](C)(C)O)Oc1ccccc1CC(=O)CNC(=O)OC(C)(C)C. The summed E-state index contributed by atoms with van der Waals surface area (Å²) in [6.45, 7) is 15.4. The van der Waals surface area contributed by atoms with Crippen LogP contribution in [0.25, 0.3) is 0 Å². The molecular formula is C23H39NO5Si. The number of hydrogen-bond acceptors (Lipinski definition) is 5.